The van der Waals surface area contributed by atoms with Crippen LogP contribution in [0.15, 0.2) is 35.1 Å². The van der Waals surface area contributed by atoms with Gasteiger partial charge in [0.25, 0.3) is 5.91 Å². The highest BCUT2D eigenvalue weighted by molar-refractivity contribution is 5.95. The molecule has 8 heteroatoms. The molecule has 114 valence electrons. The maximum Gasteiger partial charge on any atom is 0.328 e. The van der Waals surface area contributed by atoms with Crippen molar-refractivity contribution in [2.45, 2.75) is 6.04 Å². The first-order chi connectivity index (χ1) is 10.7. The third kappa shape index (κ3) is 2.68. The van der Waals surface area contributed by atoms with E-state index in [2.05, 4.69) is 10.1 Å². The molecule has 22 heavy (non-hydrogen) atoms. The molecule has 0 unspecified atom stereocenters. The van der Waals surface area contributed by atoms with Crippen molar-refractivity contribution in [1.82, 2.24) is 15.0 Å². The topological polar surface area (TPSA) is 106 Å². The molecule has 1 atom stereocenters. The van der Waals surface area contributed by atoms with Crippen molar-refractivity contribution in [2.75, 3.05) is 19.8 Å². The van der Waals surface area contributed by atoms with Gasteiger partial charge in [-0.3, -0.25) is 9.78 Å². The summed E-state index contributed by atoms with van der Waals surface area (Å²) in [7, 11) is 0. The Morgan fingerprint density at radius 3 is 3.00 bits per heavy atom. The smallest absolute Gasteiger partial charge is 0.328 e. The van der Waals surface area contributed by atoms with Gasteiger partial charge in [-0.2, -0.15) is 0 Å². The first-order valence-corrected chi connectivity index (χ1v) is 6.65. The van der Waals surface area contributed by atoms with Crippen LogP contribution in [0, 0.1) is 0 Å². The van der Waals surface area contributed by atoms with Gasteiger partial charge in [0.05, 0.1) is 13.2 Å². The molecule has 0 aliphatic carbocycles. The fraction of sp³-hybridized carbons (Fsp3) is 0.286. The van der Waals surface area contributed by atoms with Gasteiger partial charge in [0.1, 0.15) is 0 Å². The van der Waals surface area contributed by atoms with Gasteiger partial charge in [-0.1, -0.05) is 5.16 Å². The van der Waals surface area contributed by atoms with Gasteiger partial charge < -0.3 is 19.3 Å². The van der Waals surface area contributed by atoms with Crippen molar-refractivity contribution in [1.29, 1.82) is 0 Å². The molecule has 1 amide bonds. The van der Waals surface area contributed by atoms with Crippen LogP contribution in [0.2, 0.25) is 0 Å². The number of morpholine rings is 1. The van der Waals surface area contributed by atoms with Crippen LogP contribution in [0.1, 0.15) is 10.5 Å². The van der Waals surface area contributed by atoms with Gasteiger partial charge in [0, 0.05) is 30.6 Å². The van der Waals surface area contributed by atoms with Crippen LogP contribution in [0.3, 0.4) is 0 Å². The quantitative estimate of drug-likeness (QED) is 0.887. The normalized spacial score (nSPS) is 18.2. The van der Waals surface area contributed by atoms with Crippen LogP contribution in [0.25, 0.3) is 11.3 Å². The second kappa shape index (κ2) is 5.94. The van der Waals surface area contributed by atoms with Crippen molar-refractivity contribution in [3.63, 3.8) is 0 Å². The number of carbonyl (C=O) groups excluding carboxylic acids is 1. The van der Waals surface area contributed by atoms with Crippen molar-refractivity contribution in [3.8, 4) is 11.3 Å². The summed E-state index contributed by atoms with van der Waals surface area (Å²) in [6.07, 6.45) is 3.21. The SMILES string of the molecule is O=C(O)[C@H]1COCCN1C(=O)c1cc(-c2cccnc2)on1. The molecule has 1 fully saturated rings. The number of aromatic nitrogens is 2. The minimum atomic E-state index is -1.11. The highest BCUT2D eigenvalue weighted by atomic mass is 16.5. The highest BCUT2D eigenvalue weighted by Gasteiger charge is 2.34. The third-order valence-electron chi connectivity index (χ3n) is 3.35. The molecule has 1 aliphatic heterocycles. The van der Waals surface area contributed by atoms with E-state index < -0.39 is 17.9 Å². The molecule has 2 aromatic heterocycles. The summed E-state index contributed by atoms with van der Waals surface area (Å²) < 4.78 is 10.2. The molecule has 3 heterocycles. The van der Waals surface area contributed by atoms with Gasteiger partial charge in [-0.25, -0.2) is 4.79 Å². The Morgan fingerprint density at radius 2 is 2.27 bits per heavy atom. The lowest BCUT2D eigenvalue weighted by atomic mass is 10.2. The molecule has 1 N–H and O–H groups in total. The van der Waals surface area contributed by atoms with Crippen LogP contribution < -0.4 is 0 Å². The fourth-order valence-electron chi connectivity index (χ4n) is 2.22. The van der Waals surface area contributed by atoms with Crippen LogP contribution in [-0.4, -0.2) is 57.8 Å². The van der Waals surface area contributed by atoms with Crippen LogP contribution >= 0.6 is 0 Å². The summed E-state index contributed by atoms with van der Waals surface area (Å²) in [5.41, 5.74) is 0.748. The Morgan fingerprint density at radius 1 is 1.41 bits per heavy atom. The molecule has 0 spiro atoms. The first kappa shape index (κ1) is 14.2. The van der Waals surface area contributed by atoms with Crippen molar-refractivity contribution in [2.24, 2.45) is 0 Å². The Bertz CT molecular complexity index is 685. The average molecular weight is 303 g/mol. The van der Waals surface area contributed by atoms with Gasteiger partial charge in [-0.05, 0) is 12.1 Å². The van der Waals surface area contributed by atoms with Gasteiger partial charge in [0.15, 0.2) is 17.5 Å². The second-order valence-electron chi connectivity index (χ2n) is 4.75. The standard InChI is InChI=1S/C14H13N3O5/c18-13(17-4-5-21-8-11(17)14(19)20)10-6-12(22-16-10)9-2-1-3-15-7-9/h1-3,6-7,11H,4-5,8H2,(H,19,20)/t11-/m1/s1. The number of carboxylic acid groups (broad SMARTS) is 1. The van der Waals surface area contributed by atoms with Crippen LogP contribution in [0.4, 0.5) is 0 Å². The summed E-state index contributed by atoms with van der Waals surface area (Å²) in [5, 5.41) is 12.9. The van der Waals surface area contributed by atoms with E-state index in [0.29, 0.717) is 17.9 Å². The largest absolute Gasteiger partial charge is 0.480 e. The third-order valence-corrected chi connectivity index (χ3v) is 3.35. The number of hydrogen-bond donors (Lipinski definition) is 1. The molecule has 1 aliphatic rings. The summed E-state index contributed by atoms with van der Waals surface area (Å²) in [4.78, 5) is 28.8. The predicted octanol–water partition coefficient (Wildman–Crippen LogP) is 0.662. The van der Waals surface area contributed by atoms with Crippen LogP contribution in [0.5, 0.6) is 0 Å². The summed E-state index contributed by atoms with van der Waals surface area (Å²) in [6.45, 7) is 0.460. The molecule has 0 radical (unpaired) electrons. The molecule has 0 saturated carbocycles. The van der Waals surface area contributed by atoms with Crippen molar-refractivity contribution in [3.05, 3.63) is 36.3 Å². The predicted molar refractivity (Wildman–Crippen MR) is 73.0 cm³/mol. The minimum absolute atomic E-state index is 0.0333. The lowest BCUT2D eigenvalue weighted by molar-refractivity contribution is -0.147. The Hall–Kier alpha value is -2.74. The van der Waals surface area contributed by atoms with Crippen molar-refractivity contribution >= 4 is 11.9 Å². The summed E-state index contributed by atoms with van der Waals surface area (Å²) in [5.74, 6) is -1.20. The summed E-state index contributed by atoms with van der Waals surface area (Å²) in [6, 6.07) is 3.98. The number of nitrogens with zero attached hydrogens (tertiary/aromatic N) is 3. The van der Waals surface area contributed by atoms with Crippen molar-refractivity contribution < 1.29 is 24.0 Å². The Labute approximate surface area is 125 Å². The number of carbonyl (C=O) groups is 2. The van der Waals surface area contributed by atoms with Gasteiger partial charge in [-0.15, -0.1) is 0 Å². The lowest BCUT2D eigenvalue weighted by Gasteiger charge is -2.32. The Kier molecular flexibility index (Phi) is 3.84. The maximum atomic E-state index is 12.4. The second-order valence-corrected chi connectivity index (χ2v) is 4.75. The first-order valence-electron chi connectivity index (χ1n) is 6.65. The van der Waals surface area contributed by atoms with E-state index in [0.717, 1.165) is 0 Å². The molecule has 8 nitrogen and oxygen atoms in total. The molecule has 2 aromatic rings. The number of amides is 1. The van der Waals surface area contributed by atoms with E-state index in [9.17, 15) is 9.59 Å². The number of pyridine rings is 1. The zero-order chi connectivity index (χ0) is 15.5. The van der Waals surface area contributed by atoms with E-state index in [1.807, 2.05) is 0 Å². The van der Waals surface area contributed by atoms with E-state index in [1.165, 1.54) is 11.0 Å². The molecular formula is C14H13N3O5. The summed E-state index contributed by atoms with van der Waals surface area (Å²) >= 11 is 0. The highest BCUT2D eigenvalue weighted by Crippen LogP contribution is 2.20. The maximum absolute atomic E-state index is 12.4. The number of hydrogen-bond acceptors (Lipinski definition) is 6. The number of ether oxygens (including phenoxy) is 1. The molecule has 0 bridgehead atoms. The van der Waals surface area contributed by atoms with Gasteiger partial charge >= 0.3 is 5.97 Å². The molecular weight excluding hydrogens is 290 g/mol. The Balaban J connectivity index is 1.83. The average Bonchev–Trinajstić information content (AvgIpc) is 3.05. The van der Waals surface area contributed by atoms with E-state index in [4.69, 9.17) is 14.4 Å². The number of carboxylic acids is 1. The number of aliphatic carboxylic acids is 1. The fourth-order valence-corrected chi connectivity index (χ4v) is 2.22. The monoisotopic (exact) mass is 303 g/mol. The number of rotatable bonds is 3. The zero-order valence-electron chi connectivity index (χ0n) is 11.5. The molecule has 0 aromatic carbocycles. The van der Waals surface area contributed by atoms with Gasteiger partial charge in [0.2, 0.25) is 0 Å². The van der Waals surface area contributed by atoms with E-state index in [1.54, 1.807) is 24.5 Å². The van der Waals surface area contributed by atoms with E-state index in [-0.39, 0.29) is 18.8 Å². The van der Waals surface area contributed by atoms with E-state index >= 15 is 0 Å². The minimum Gasteiger partial charge on any atom is -0.480 e. The lowest BCUT2D eigenvalue weighted by Crippen LogP contribution is -2.52. The molecule has 1 saturated heterocycles. The molecule has 3 rings (SSSR count). The zero-order valence-corrected chi connectivity index (χ0v) is 11.5. The van der Waals surface area contributed by atoms with Crippen LogP contribution in [-0.2, 0) is 9.53 Å².